The van der Waals surface area contributed by atoms with E-state index in [0.717, 1.165) is 31.7 Å². The van der Waals surface area contributed by atoms with Crippen molar-refractivity contribution in [1.82, 2.24) is 20.0 Å². The number of nitrogens with two attached hydrogens (primary N) is 1. The fraction of sp³-hybridized carbons (Fsp3) is 0.714. The van der Waals surface area contributed by atoms with Gasteiger partial charge in [-0.15, -0.1) is 0 Å². The first-order chi connectivity index (χ1) is 10.1. The molecule has 0 saturated carbocycles. The summed E-state index contributed by atoms with van der Waals surface area (Å²) in [6.07, 6.45) is 2.53. The van der Waals surface area contributed by atoms with Crippen molar-refractivity contribution in [3.63, 3.8) is 0 Å². The van der Waals surface area contributed by atoms with E-state index in [9.17, 15) is 4.79 Å². The van der Waals surface area contributed by atoms with E-state index >= 15 is 0 Å². The van der Waals surface area contributed by atoms with Gasteiger partial charge in [0.05, 0.1) is 24.5 Å². The molecule has 1 atom stereocenters. The second kappa shape index (κ2) is 7.53. The largest absolute Gasteiger partial charge is 0.374 e. The van der Waals surface area contributed by atoms with Gasteiger partial charge in [0.25, 0.3) is 5.91 Å². The molecule has 1 aromatic rings. The van der Waals surface area contributed by atoms with Crippen LogP contribution < -0.4 is 11.1 Å². The van der Waals surface area contributed by atoms with Crippen LogP contribution in [0.3, 0.4) is 0 Å². The van der Waals surface area contributed by atoms with Gasteiger partial charge in [0, 0.05) is 31.9 Å². The fourth-order valence-electron chi connectivity index (χ4n) is 2.43. The Morgan fingerprint density at radius 1 is 1.62 bits per heavy atom. The van der Waals surface area contributed by atoms with Crippen LogP contribution in [0.5, 0.6) is 0 Å². The number of nitrogens with zero attached hydrogens (tertiary/aromatic N) is 3. The summed E-state index contributed by atoms with van der Waals surface area (Å²) < 4.78 is 7.46. The Kier molecular flexibility index (Phi) is 5.72. The van der Waals surface area contributed by atoms with Gasteiger partial charge in [-0.25, -0.2) is 0 Å². The number of ether oxygens (including phenoxy) is 1. The maximum absolute atomic E-state index is 12.2. The predicted molar refractivity (Wildman–Crippen MR) is 80.2 cm³/mol. The summed E-state index contributed by atoms with van der Waals surface area (Å²) in [5.41, 5.74) is 7.00. The minimum absolute atomic E-state index is 0.0558. The zero-order valence-electron chi connectivity index (χ0n) is 12.8. The first-order valence-electron chi connectivity index (χ1n) is 7.42. The monoisotopic (exact) mass is 295 g/mol. The van der Waals surface area contributed by atoms with E-state index in [-0.39, 0.29) is 12.0 Å². The summed E-state index contributed by atoms with van der Waals surface area (Å²) in [5.74, 6) is -0.0941. The lowest BCUT2D eigenvalue weighted by Crippen LogP contribution is -2.45. The number of aryl methyl sites for hydroxylation is 1. The minimum Gasteiger partial charge on any atom is -0.374 e. The molecule has 7 heteroatoms. The Labute approximate surface area is 125 Å². The Morgan fingerprint density at radius 2 is 2.43 bits per heavy atom. The van der Waals surface area contributed by atoms with Crippen molar-refractivity contribution < 1.29 is 9.53 Å². The van der Waals surface area contributed by atoms with E-state index in [1.807, 2.05) is 11.6 Å². The van der Waals surface area contributed by atoms with Crippen LogP contribution in [0, 0.1) is 6.92 Å². The van der Waals surface area contributed by atoms with Crippen LogP contribution in [-0.2, 0) is 11.3 Å². The quantitative estimate of drug-likeness (QED) is 0.746. The number of carbonyl (C=O) groups is 1. The van der Waals surface area contributed by atoms with Crippen LogP contribution in [0.25, 0.3) is 0 Å². The molecular weight excluding hydrogens is 270 g/mol. The summed E-state index contributed by atoms with van der Waals surface area (Å²) in [4.78, 5) is 14.4. The minimum atomic E-state index is -0.0941. The number of carbonyl (C=O) groups excluding carboxylic acids is 1. The molecule has 7 nitrogen and oxygen atoms in total. The molecule has 1 saturated heterocycles. The molecule has 118 valence electrons. The molecule has 0 bridgehead atoms. The normalized spacial score (nSPS) is 19.7. The molecule has 1 aliphatic heterocycles. The van der Waals surface area contributed by atoms with Crippen molar-refractivity contribution in [3.8, 4) is 0 Å². The number of morpholine rings is 1. The van der Waals surface area contributed by atoms with Gasteiger partial charge in [0.2, 0.25) is 0 Å². The van der Waals surface area contributed by atoms with Crippen LogP contribution >= 0.6 is 0 Å². The second-order valence-corrected chi connectivity index (χ2v) is 5.47. The molecule has 0 spiro atoms. The number of hydrogen-bond donors (Lipinski definition) is 2. The summed E-state index contributed by atoms with van der Waals surface area (Å²) >= 11 is 0. The molecule has 3 N–H and O–H groups in total. The number of aromatic nitrogens is 2. The highest BCUT2D eigenvalue weighted by Crippen LogP contribution is 2.08. The van der Waals surface area contributed by atoms with Gasteiger partial charge in [-0.05, 0) is 26.9 Å². The van der Waals surface area contributed by atoms with Crippen LogP contribution in [0.2, 0.25) is 0 Å². The van der Waals surface area contributed by atoms with Gasteiger partial charge >= 0.3 is 0 Å². The van der Waals surface area contributed by atoms with Crippen molar-refractivity contribution in [2.24, 2.45) is 5.73 Å². The predicted octanol–water partition coefficient (Wildman–Crippen LogP) is -0.399. The topological polar surface area (TPSA) is 85.4 Å². The summed E-state index contributed by atoms with van der Waals surface area (Å²) in [6.45, 7) is 6.29. The smallest absolute Gasteiger partial charge is 0.254 e. The first-order valence-corrected chi connectivity index (χ1v) is 7.42. The van der Waals surface area contributed by atoms with Crippen molar-refractivity contribution in [1.29, 1.82) is 0 Å². The van der Waals surface area contributed by atoms with Crippen LogP contribution in [0.15, 0.2) is 6.20 Å². The number of hydrogen-bond acceptors (Lipinski definition) is 5. The van der Waals surface area contributed by atoms with Gasteiger partial charge in [-0.1, -0.05) is 0 Å². The van der Waals surface area contributed by atoms with Gasteiger partial charge in [0.1, 0.15) is 0 Å². The number of rotatable bonds is 6. The van der Waals surface area contributed by atoms with Crippen molar-refractivity contribution >= 4 is 5.91 Å². The molecular formula is C14H25N5O2. The summed E-state index contributed by atoms with van der Waals surface area (Å²) in [6, 6.07) is 0. The lowest BCUT2D eigenvalue weighted by atomic mass is 10.2. The Balaban J connectivity index is 1.87. The van der Waals surface area contributed by atoms with Crippen molar-refractivity contribution in [2.75, 3.05) is 39.8 Å². The molecule has 1 aromatic heterocycles. The average Bonchev–Trinajstić information content (AvgIpc) is 2.84. The number of nitrogens with one attached hydrogen (secondary N) is 1. The van der Waals surface area contributed by atoms with E-state index in [0.29, 0.717) is 25.3 Å². The van der Waals surface area contributed by atoms with Gasteiger partial charge in [-0.3, -0.25) is 9.48 Å². The number of likely N-dealkylation sites (N-methyl/N-ethyl adjacent to an activating group) is 1. The zero-order chi connectivity index (χ0) is 15.2. The van der Waals surface area contributed by atoms with Crippen LogP contribution in [0.1, 0.15) is 22.5 Å². The highest BCUT2D eigenvalue weighted by molar-refractivity contribution is 5.95. The number of amides is 1. The van der Waals surface area contributed by atoms with E-state index in [1.165, 1.54) is 0 Å². The molecule has 21 heavy (non-hydrogen) atoms. The highest BCUT2D eigenvalue weighted by atomic mass is 16.5. The van der Waals surface area contributed by atoms with Crippen molar-refractivity contribution in [3.05, 3.63) is 17.5 Å². The molecule has 1 fully saturated rings. The standard InChI is InChI=1S/C14H25N5O2/c1-11-13(9-17-19(11)5-3-4-15)14(20)16-8-12-10-18(2)6-7-21-12/h9,12H,3-8,10,15H2,1-2H3,(H,16,20). The lowest BCUT2D eigenvalue weighted by molar-refractivity contribution is -0.0175. The van der Waals surface area contributed by atoms with E-state index in [4.69, 9.17) is 10.5 Å². The Bertz CT molecular complexity index is 474. The molecule has 0 aliphatic carbocycles. The summed E-state index contributed by atoms with van der Waals surface area (Å²) in [5, 5.41) is 7.17. The summed E-state index contributed by atoms with van der Waals surface area (Å²) in [7, 11) is 2.06. The van der Waals surface area contributed by atoms with Crippen molar-refractivity contribution in [2.45, 2.75) is 26.0 Å². The Hall–Kier alpha value is -1.44. The van der Waals surface area contributed by atoms with Crippen LogP contribution in [0.4, 0.5) is 0 Å². The van der Waals surface area contributed by atoms with Gasteiger partial charge in [-0.2, -0.15) is 5.10 Å². The molecule has 1 amide bonds. The average molecular weight is 295 g/mol. The third-order valence-electron chi connectivity index (χ3n) is 3.75. The van der Waals surface area contributed by atoms with Gasteiger partial charge in [0.15, 0.2) is 0 Å². The molecule has 2 heterocycles. The molecule has 1 aliphatic rings. The van der Waals surface area contributed by atoms with E-state index < -0.39 is 0 Å². The lowest BCUT2D eigenvalue weighted by Gasteiger charge is -2.30. The Morgan fingerprint density at radius 3 is 3.14 bits per heavy atom. The molecule has 2 rings (SSSR count). The van der Waals surface area contributed by atoms with Crippen LogP contribution in [-0.4, -0.2) is 66.5 Å². The van der Waals surface area contributed by atoms with Gasteiger partial charge < -0.3 is 20.7 Å². The zero-order valence-corrected chi connectivity index (χ0v) is 12.8. The SMILES string of the molecule is Cc1c(C(=O)NCC2CN(C)CCO2)cnn1CCCN. The molecule has 1 unspecified atom stereocenters. The first kappa shape index (κ1) is 15.9. The second-order valence-electron chi connectivity index (χ2n) is 5.47. The van der Waals surface area contributed by atoms with E-state index in [1.54, 1.807) is 6.20 Å². The molecule has 0 radical (unpaired) electrons. The third kappa shape index (κ3) is 4.26. The van der Waals surface area contributed by atoms with E-state index in [2.05, 4.69) is 22.4 Å². The third-order valence-corrected chi connectivity index (χ3v) is 3.75. The maximum Gasteiger partial charge on any atom is 0.254 e. The fourth-order valence-corrected chi connectivity index (χ4v) is 2.43. The maximum atomic E-state index is 12.2. The highest BCUT2D eigenvalue weighted by Gasteiger charge is 2.20. The molecule has 0 aromatic carbocycles.